The van der Waals surface area contributed by atoms with Gasteiger partial charge in [0.25, 0.3) is 17.7 Å². The van der Waals surface area contributed by atoms with Crippen molar-refractivity contribution in [1.29, 1.82) is 0 Å². The van der Waals surface area contributed by atoms with Crippen molar-refractivity contribution in [3.05, 3.63) is 101 Å². The Kier molecular flexibility index (Phi) is 6.27. The van der Waals surface area contributed by atoms with Crippen LogP contribution in [0.1, 0.15) is 50.4 Å². The molecule has 1 N–H and O–H groups in total. The van der Waals surface area contributed by atoms with Crippen LogP contribution in [0.15, 0.2) is 72.8 Å². The molecule has 0 saturated heterocycles. The quantitative estimate of drug-likeness (QED) is 0.443. The summed E-state index contributed by atoms with van der Waals surface area (Å²) in [4.78, 5) is 52.7. The highest BCUT2D eigenvalue weighted by Gasteiger charge is 2.42. The van der Waals surface area contributed by atoms with E-state index in [0.29, 0.717) is 11.3 Å². The molecule has 0 spiro atoms. The zero-order chi connectivity index (χ0) is 24.4. The maximum Gasteiger partial charge on any atom is 0.330 e. The Hall–Kier alpha value is -4.26. The summed E-state index contributed by atoms with van der Waals surface area (Å²) in [6.07, 6.45) is -1.27. The first-order chi connectivity index (χ1) is 16.3. The van der Waals surface area contributed by atoms with Crippen LogP contribution in [0.5, 0.6) is 0 Å². The van der Waals surface area contributed by atoms with Gasteiger partial charge in [0, 0.05) is 11.3 Å². The first kappa shape index (κ1) is 22.9. The summed E-state index contributed by atoms with van der Waals surface area (Å²) in [5.74, 6) is -2.54. The van der Waals surface area contributed by atoms with Crippen LogP contribution in [0.3, 0.4) is 0 Å². The fourth-order valence-electron chi connectivity index (χ4n) is 4.04. The fourth-order valence-corrected chi connectivity index (χ4v) is 4.04. The van der Waals surface area contributed by atoms with Crippen molar-refractivity contribution in [2.75, 3.05) is 5.32 Å². The summed E-state index contributed by atoms with van der Waals surface area (Å²) in [6, 6.07) is 19.4. The number of nitrogens with one attached hydrogen (secondary N) is 1. The Bertz CT molecular complexity index is 1230. The molecule has 3 aromatic rings. The number of benzene rings is 3. The Labute approximate surface area is 197 Å². The number of anilines is 1. The molecule has 1 aliphatic rings. The van der Waals surface area contributed by atoms with Crippen LogP contribution < -0.4 is 5.32 Å². The minimum Gasteiger partial charge on any atom is -0.446 e. The van der Waals surface area contributed by atoms with Gasteiger partial charge in [-0.25, -0.2) is 4.79 Å². The van der Waals surface area contributed by atoms with Gasteiger partial charge in [-0.05, 0) is 56.2 Å². The normalized spacial score (nSPS) is 14.4. The average Bonchev–Trinajstić information content (AvgIpc) is 3.06. The largest absolute Gasteiger partial charge is 0.446 e. The molecule has 0 aromatic heterocycles. The predicted octanol–water partition coefficient (Wildman–Crippen LogP) is 4.21. The van der Waals surface area contributed by atoms with Gasteiger partial charge < -0.3 is 10.1 Å². The minimum absolute atomic E-state index is 0.235. The Morgan fingerprint density at radius 2 is 1.35 bits per heavy atom. The number of imide groups is 1. The molecule has 34 heavy (non-hydrogen) atoms. The van der Waals surface area contributed by atoms with Gasteiger partial charge in [0.1, 0.15) is 6.04 Å². The fraction of sp³-hybridized carbons (Fsp3) is 0.185. The number of esters is 1. The van der Waals surface area contributed by atoms with E-state index >= 15 is 0 Å². The minimum atomic E-state index is -1.27. The molecule has 7 nitrogen and oxygen atoms in total. The number of carbonyl (C=O) groups is 4. The first-order valence-corrected chi connectivity index (χ1v) is 10.9. The molecule has 0 unspecified atom stereocenters. The molecule has 172 valence electrons. The summed E-state index contributed by atoms with van der Waals surface area (Å²) in [7, 11) is 0. The van der Waals surface area contributed by atoms with E-state index in [0.717, 1.165) is 16.0 Å². The molecule has 0 saturated carbocycles. The van der Waals surface area contributed by atoms with Crippen molar-refractivity contribution in [2.45, 2.75) is 32.9 Å². The number of hydrogen-bond donors (Lipinski definition) is 1. The second kappa shape index (κ2) is 9.31. The molecule has 7 heteroatoms. The Morgan fingerprint density at radius 3 is 1.91 bits per heavy atom. The SMILES string of the molecule is Cc1cc(C)cc(NC(=O)[C@H](OC(=O)[C@H](C)N2C(=O)c3ccccc3C2=O)c2ccccc2)c1. The van der Waals surface area contributed by atoms with E-state index in [1.165, 1.54) is 19.1 Å². The predicted molar refractivity (Wildman–Crippen MR) is 126 cm³/mol. The summed E-state index contributed by atoms with van der Waals surface area (Å²) >= 11 is 0. The Morgan fingerprint density at radius 1 is 0.824 bits per heavy atom. The number of aryl methyl sites for hydroxylation is 2. The number of rotatable bonds is 6. The van der Waals surface area contributed by atoms with E-state index in [-0.39, 0.29) is 11.1 Å². The third-order valence-corrected chi connectivity index (χ3v) is 5.62. The second-order valence-corrected chi connectivity index (χ2v) is 8.30. The standard InChI is InChI=1S/C27H24N2O5/c1-16-13-17(2)15-20(14-16)28-24(30)23(19-9-5-4-6-10-19)34-27(33)18(3)29-25(31)21-11-7-8-12-22(21)26(29)32/h4-15,18,23H,1-3H3,(H,28,30)/t18-,23+/m0/s1. The van der Waals surface area contributed by atoms with Gasteiger partial charge >= 0.3 is 5.97 Å². The molecule has 0 aliphatic carbocycles. The molecule has 1 heterocycles. The van der Waals surface area contributed by atoms with Crippen LogP contribution >= 0.6 is 0 Å². The second-order valence-electron chi connectivity index (χ2n) is 8.30. The molecule has 3 aromatic carbocycles. The lowest BCUT2D eigenvalue weighted by molar-refractivity contribution is -0.158. The monoisotopic (exact) mass is 456 g/mol. The van der Waals surface area contributed by atoms with E-state index < -0.39 is 35.8 Å². The van der Waals surface area contributed by atoms with Gasteiger partial charge in [-0.3, -0.25) is 19.3 Å². The number of nitrogens with zero attached hydrogens (tertiary/aromatic N) is 1. The molecule has 0 radical (unpaired) electrons. The van der Waals surface area contributed by atoms with Gasteiger partial charge in [0.2, 0.25) is 6.10 Å². The lowest BCUT2D eigenvalue weighted by atomic mass is 10.1. The van der Waals surface area contributed by atoms with Crippen LogP contribution in [-0.2, 0) is 14.3 Å². The van der Waals surface area contributed by atoms with Crippen molar-refractivity contribution < 1.29 is 23.9 Å². The smallest absolute Gasteiger partial charge is 0.330 e. The van der Waals surface area contributed by atoms with Crippen molar-refractivity contribution in [2.24, 2.45) is 0 Å². The van der Waals surface area contributed by atoms with E-state index in [1.807, 2.05) is 32.0 Å². The number of carbonyl (C=O) groups excluding carboxylic acids is 4. The van der Waals surface area contributed by atoms with Gasteiger partial charge in [-0.2, -0.15) is 0 Å². The van der Waals surface area contributed by atoms with Gasteiger partial charge in [-0.15, -0.1) is 0 Å². The van der Waals surface area contributed by atoms with Crippen molar-refractivity contribution in [1.82, 2.24) is 4.90 Å². The van der Waals surface area contributed by atoms with E-state index in [9.17, 15) is 19.2 Å². The average molecular weight is 456 g/mol. The van der Waals surface area contributed by atoms with Gasteiger partial charge in [-0.1, -0.05) is 48.5 Å². The summed E-state index contributed by atoms with van der Waals surface area (Å²) in [6.45, 7) is 5.25. The van der Waals surface area contributed by atoms with Crippen molar-refractivity contribution >= 4 is 29.4 Å². The zero-order valence-corrected chi connectivity index (χ0v) is 19.1. The molecule has 1 aliphatic heterocycles. The molecule has 0 bridgehead atoms. The highest BCUT2D eigenvalue weighted by atomic mass is 16.5. The summed E-state index contributed by atoms with van der Waals surface area (Å²) < 4.78 is 5.60. The van der Waals surface area contributed by atoms with Crippen LogP contribution in [0.2, 0.25) is 0 Å². The van der Waals surface area contributed by atoms with Crippen LogP contribution in [-0.4, -0.2) is 34.6 Å². The maximum absolute atomic E-state index is 13.2. The van der Waals surface area contributed by atoms with Crippen LogP contribution in [0.4, 0.5) is 5.69 Å². The van der Waals surface area contributed by atoms with Crippen molar-refractivity contribution in [3.8, 4) is 0 Å². The van der Waals surface area contributed by atoms with E-state index in [4.69, 9.17) is 4.74 Å². The first-order valence-electron chi connectivity index (χ1n) is 10.9. The van der Waals surface area contributed by atoms with Crippen molar-refractivity contribution in [3.63, 3.8) is 0 Å². The maximum atomic E-state index is 13.2. The molecular weight excluding hydrogens is 432 g/mol. The summed E-state index contributed by atoms with van der Waals surface area (Å²) in [5.41, 5.74) is 3.46. The van der Waals surface area contributed by atoms with E-state index in [2.05, 4.69) is 5.32 Å². The third-order valence-electron chi connectivity index (χ3n) is 5.62. The molecule has 4 rings (SSSR count). The highest BCUT2D eigenvalue weighted by Crippen LogP contribution is 2.27. The Balaban J connectivity index is 1.57. The highest BCUT2D eigenvalue weighted by molar-refractivity contribution is 6.22. The zero-order valence-electron chi connectivity index (χ0n) is 19.1. The molecular formula is C27H24N2O5. The summed E-state index contributed by atoms with van der Waals surface area (Å²) in [5, 5.41) is 2.80. The molecule has 3 amide bonds. The number of amides is 3. The van der Waals surface area contributed by atoms with Gasteiger partial charge in [0.05, 0.1) is 11.1 Å². The van der Waals surface area contributed by atoms with Gasteiger partial charge in [0.15, 0.2) is 0 Å². The number of ether oxygens (including phenoxy) is 1. The van der Waals surface area contributed by atoms with Crippen LogP contribution in [0.25, 0.3) is 0 Å². The molecule has 2 atom stereocenters. The third kappa shape index (κ3) is 4.45. The van der Waals surface area contributed by atoms with Crippen LogP contribution in [0, 0.1) is 13.8 Å². The lowest BCUT2D eigenvalue weighted by Gasteiger charge is -2.24. The van der Waals surface area contributed by atoms with E-state index in [1.54, 1.807) is 42.5 Å². The molecule has 0 fully saturated rings. The topological polar surface area (TPSA) is 92.8 Å². The number of fused-ring (bicyclic) bond motifs is 1. The number of hydrogen-bond acceptors (Lipinski definition) is 5. The lowest BCUT2D eigenvalue weighted by Crippen LogP contribution is -2.44.